The van der Waals surface area contributed by atoms with Crippen molar-refractivity contribution in [2.75, 3.05) is 11.9 Å². The molecule has 3 N–H and O–H groups in total. The molecule has 3 aromatic rings. The Labute approximate surface area is 185 Å². The van der Waals surface area contributed by atoms with Crippen LogP contribution in [0.1, 0.15) is 55.8 Å². The minimum absolute atomic E-state index is 0.0256. The van der Waals surface area contributed by atoms with Gasteiger partial charge >= 0.3 is 0 Å². The summed E-state index contributed by atoms with van der Waals surface area (Å²) in [6.07, 6.45) is 6.75. The van der Waals surface area contributed by atoms with Crippen LogP contribution >= 0.6 is 23.2 Å². The van der Waals surface area contributed by atoms with E-state index in [1.54, 1.807) is 18.2 Å². The molecule has 1 aromatic heterocycles. The molecule has 1 heterocycles. The summed E-state index contributed by atoms with van der Waals surface area (Å²) in [7, 11) is 0. The summed E-state index contributed by atoms with van der Waals surface area (Å²) in [6.45, 7) is 2.71. The van der Waals surface area contributed by atoms with E-state index < -0.39 is 11.7 Å². The van der Waals surface area contributed by atoms with E-state index in [1.807, 2.05) is 0 Å². The summed E-state index contributed by atoms with van der Waals surface area (Å²) in [4.78, 5) is 19.7. The summed E-state index contributed by atoms with van der Waals surface area (Å²) >= 11 is 12.3. The molecule has 30 heavy (non-hydrogen) atoms. The summed E-state index contributed by atoms with van der Waals surface area (Å²) in [5.74, 6) is -0.687. The quantitative estimate of drug-likeness (QED) is 0.296. The van der Waals surface area contributed by atoms with Crippen molar-refractivity contribution in [3.63, 3.8) is 0 Å². The highest BCUT2D eigenvalue weighted by atomic mass is 35.5. The molecule has 0 radical (unpaired) electrons. The van der Waals surface area contributed by atoms with Gasteiger partial charge in [-0.15, -0.1) is 0 Å². The number of rotatable bonds is 10. The normalized spacial score (nSPS) is 11.1. The van der Waals surface area contributed by atoms with E-state index in [1.165, 1.54) is 31.4 Å². The van der Waals surface area contributed by atoms with Crippen molar-refractivity contribution in [3.8, 4) is 0 Å². The van der Waals surface area contributed by atoms with Crippen LogP contribution in [0.3, 0.4) is 0 Å². The van der Waals surface area contributed by atoms with Crippen molar-refractivity contribution in [2.45, 2.75) is 45.4 Å². The van der Waals surface area contributed by atoms with Gasteiger partial charge in [0.1, 0.15) is 5.82 Å². The molecule has 0 aliphatic rings. The first-order valence-corrected chi connectivity index (χ1v) is 10.9. The number of unbranched alkanes of at least 4 members (excludes halogenated alkanes) is 5. The zero-order valence-corrected chi connectivity index (χ0v) is 18.3. The Morgan fingerprint density at radius 3 is 2.53 bits per heavy atom. The molecule has 0 saturated carbocycles. The van der Waals surface area contributed by atoms with Gasteiger partial charge in [-0.05, 0) is 24.6 Å². The molecule has 8 heteroatoms. The Balaban J connectivity index is 1.66. The molecule has 0 atom stereocenters. The number of H-pyrrole nitrogens is 1. The van der Waals surface area contributed by atoms with Gasteiger partial charge in [0.25, 0.3) is 5.91 Å². The number of imidazole rings is 1. The molecular weight excluding hydrogens is 426 g/mol. The van der Waals surface area contributed by atoms with Crippen molar-refractivity contribution in [1.29, 1.82) is 0 Å². The maximum absolute atomic E-state index is 14.5. The number of aromatic amines is 1. The average molecular weight is 451 g/mol. The predicted molar refractivity (Wildman–Crippen MR) is 122 cm³/mol. The number of fused-ring (bicyclic) bond motifs is 1. The maximum Gasteiger partial charge on any atom is 0.254 e. The van der Waals surface area contributed by atoms with Crippen LogP contribution in [0.2, 0.25) is 10.0 Å². The summed E-state index contributed by atoms with van der Waals surface area (Å²) in [5, 5.41) is 6.67. The average Bonchev–Trinajstić information content (AvgIpc) is 3.10. The molecule has 0 aliphatic heterocycles. The number of carbonyl (C=O) groups is 1. The minimum atomic E-state index is -0.603. The summed E-state index contributed by atoms with van der Waals surface area (Å²) < 4.78 is 14.5. The number of hydrogen-bond acceptors (Lipinski definition) is 3. The van der Waals surface area contributed by atoms with Crippen LogP contribution in [0.5, 0.6) is 0 Å². The highest BCUT2D eigenvalue weighted by Gasteiger charge is 2.16. The van der Waals surface area contributed by atoms with Crippen molar-refractivity contribution < 1.29 is 9.18 Å². The molecule has 1 amide bonds. The first-order chi connectivity index (χ1) is 14.5. The van der Waals surface area contributed by atoms with Gasteiger partial charge in [0, 0.05) is 12.6 Å². The molecule has 2 aromatic carbocycles. The van der Waals surface area contributed by atoms with Gasteiger partial charge in [-0.1, -0.05) is 68.3 Å². The number of aromatic nitrogens is 2. The lowest BCUT2D eigenvalue weighted by molar-refractivity contribution is 0.0949. The Bertz CT molecular complexity index is 1000. The Morgan fingerprint density at radius 1 is 1.10 bits per heavy atom. The van der Waals surface area contributed by atoms with Crippen LogP contribution in [0.25, 0.3) is 11.0 Å². The number of hydrogen-bond donors (Lipinski definition) is 3. The fourth-order valence-corrected chi connectivity index (χ4v) is 3.69. The maximum atomic E-state index is 14.5. The lowest BCUT2D eigenvalue weighted by atomic mass is 10.1. The lowest BCUT2D eigenvalue weighted by Crippen LogP contribution is -2.25. The van der Waals surface area contributed by atoms with E-state index in [0.29, 0.717) is 39.3 Å². The van der Waals surface area contributed by atoms with Gasteiger partial charge in [-0.2, -0.15) is 0 Å². The lowest BCUT2D eigenvalue weighted by Gasteiger charge is -2.06. The second-order valence-electron chi connectivity index (χ2n) is 7.18. The second-order valence-corrected chi connectivity index (χ2v) is 7.99. The third-order valence-electron chi connectivity index (χ3n) is 4.84. The van der Waals surface area contributed by atoms with Crippen LogP contribution in [0.4, 0.5) is 16.0 Å². The van der Waals surface area contributed by atoms with Crippen LogP contribution in [0.15, 0.2) is 30.3 Å². The van der Waals surface area contributed by atoms with E-state index in [9.17, 15) is 9.18 Å². The zero-order valence-electron chi connectivity index (χ0n) is 16.8. The molecule has 160 valence electrons. The predicted octanol–water partition coefficient (Wildman–Crippen LogP) is 6.84. The van der Waals surface area contributed by atoms with Gasteiger partial charge in [-0.25, -0.2) is 9.37 Å². The number of carbonyl (C=O) groups excluding carboxylic acids is 1. The minimum Gasteiger partial charge on any atom is -0.352 e. The molecule has 0 spiro atoms. The summed E-state index contributed by atoms with van der Waals surface area (Å²) in [6, 6.07) is 7.84. The highest BCUT2D eigenvalue weighted by Crippen LogP contribution is 2.32. The first-order valence-electron chi connectivity index (χ1n) is 10.2. The topological polar surface area (TPSA) is 69.8 Å². The Kier molecular flexibility index (Phi) is 7.94. The smallest absolute Gasteiger partial charge is 0.254 e. The number of nitrogens with one attached hydrogen (secondary N) is 3. The molecule has 0 aliphatic carbocycles. The van der Waals surface area contributed by atoms with E-state index in [2.05, 4.69) is 27.5 Å². The van der Waals surface area contributed by atoms with Crippen molar-refractivity contribution in [1.82, 2.24) is 15.3 Å². The Morgan fingerprint density at radius 2 is 1.80 bits per heavy atom. The number of amides is 1. The van der Waals surface area contributed by atoms with Gasteiger partial charge in [-0.3, -0.25) is 4.79 Å². The van der Waals surface area contributed by atoms with E-state index in [4.69, 9.17) is 23.2 Å². The van der Waals surface area contributed by atoms with Gasteiger partial charge < -0.3 is 15.6 Å². The molecular formula is C22H25Cl2FN4O. The molecule has 0 unspecified atom stereocenters. The van der Waals surface area contributed by atoms with Crippen LogP contribution < -0.4 is 10.6 Å². The third kappa shape index (κ3) is 5.64. The SMILES string of the molecule is CCCCCCCCNC(=O)c1cc2nc(Nc3c(Cl)cccc3Cl)[nH]c2cc1F. The van der Waals surface area contributed by atoms with Crippen LogP contribution in [0, 0.1) is 5.82 Å². The summed E-state index contributed by atoms with van der Waals surface area (Å²) in [5.41, 5.74) is 1.40. The number of benzene rings is 2. The molecule has 5 nitrogen and oxygen atoms in total. The fraction of sp³-hybridized carbons (Fsp3) is 0.364. The van der Waals surface area contributed by atoms with Crippen LogP contribution in [-0.2, 0) is 0 Å². The van der Waals surface area contributed by atoms with E-state index in [-0.39, 0.29) is 5.56 Å². The van der Waals surface area contributed by atoms with Gasteiger partial charge in [0.05, 0.1) is 32.3 Å². The van der Waals surface area contributed by atoms with Gasteiger partial charge in [0.15, 0.2) is 0 Å². The molecule has 0 bridgehead atoms. The zero-order chi connectivity index (χ0) is 21.5. The molecule has 0 saturated heterocycles. The molecule has 3 rings (SSSR count). The fourth-order valence-electron chi connectivity index (χ4n) is 3.20. The van der Waals surface area contributed by atoms with E-state index >= 15 is 0 Å². The van der Waals surface area contributed by atoms with Crippen molar-refractivity contribution in [2.24, 2.45) is 0 Å². The monoisotopic (exact) mass is 450 g/mol. The first kappa shape index (κ1) is 22.4. The van der Waals surface area contributed by atoms with Crippen LogP contribution in [-0.4, -0.2) is 22.4 Å². The Hall–Kier alpha value is -2.31. The number of nitrogens with zero attached hydrogens (tertiary/aromatic N) is 1. The number of halogens is 3. The number of para-hydroxylation sites is 1. The highest BCUT2D eigenvalue weighted by molar-refractivity contribution is 6.39. The van der Waals surface area contributed by atoms with E-state index in [0.717, 1.165) is 19.3 Å². The van der Waals surface area contributed by atoms with Crippen molar-refractivity contribution >= 4 is 51.8 Å². The second kappa shape index (κ2) is 10.6. The largest absolute Gasteiger partial charge is 0.352 e. The standard InChI is InChI=1S/C22H25Cl2FN4O/c1-2-3-4-5-6-7-11-26-21(30)14-12-18-19(13-17(14)25)28-22(27-18)29-20-15(23)9-8-10-16(20)24/h8-10,12-13H,2-7,11H2,1H3,(H,26,30)(H2,27,28,29). The third-order valence-corrected chi connectivity index (χ3v) is 5.47. The number of anilines is 2. The van der Waals surface area contributed by atoms with Gasteiger partial charge in [0.2, 0.25) is 5.95 Å². The van der Waals surface area contributed by atoms with Crippen molar-refractivity contribution in [3.05, 3.63) is 51.8 Å². The molecule has 0 fully saturated rings.